The van der Waals surface area contributed by atoms with Crippen LogP contribution in [0.4, 0.5) is 0 Å². The highest BCUT2D eigenvalue weighted by atomic mass is 35.5. The van der Waals surface area contributed by atoms with E-state index in [4.69, 9.17) is 30.5 Å². The lowest BCUT2D eigenvalue weighted by atomic mass is 10.0. The van der Waals surface area contributed by atoms with Crippen molar-refractivity contribution in [2.24, 2.45) is 0 Å². The van der Waals surface area contributed by atoms with E-state index in [2.05, 4.69) is 0 Å². The molecule has 5 nitrogen and oxygen atoms in total. The van der Waals surface area contributed by atoms with Gasteiger partial charge in [-0.15, -0.1) is 0 Å². The molecule has 0 radical (unpaired) electrons. The van der Waals surface area contributed by atoms with Gasteiger partial charge in [-0.05, 0) is 73.0 Å². The highest BCUT2D eigenvalue weighted by molar-refractivity contribution is 6.30. The van der Waals surface area contributed by atoms with E-state index < -0.39 is 0 Å². The highest BCUT2D eigenvalue weighted by Crippen LogP contribution is 2.38. The molecule has 0 saturated carbocycles. The van der Waals surface area contributed by atoms with Crippen LogP contribution in [0, 0.1) is 6.92 Å². The summed E-state index contributed by atoms with van der Waals surface area (Å²) >= 11 is 6.19. The Bertz CT molecular complexity index is 1300. The first-order valence-electron chi connectivity index (χ1n) is 11.1. The number of esters is 1. The van der Waals surface area contributed by atoms with Gasteiger partial charge in [0.2, 0.25) is 0 Å². The lowest BCUT2D eigenvalue weighted by Crippen LogP contribution is -2.02. The van der Waals surface area contributed by atoms with E-state index in [1.165, 1.54) is 7.11 Å². The molecule has 0 aliphatic rings. The lowest BCUT2D eigenvalue weighted by Gasteiger charge is -2.14. The summed E-state index contributed by atoms with van der Waals surface area (Å²) in [6.07, 6.45) is 0.966. The van der Waals surface area contributed by atoms with Crippen molar-refractivity contribution < 1.29 is 23.7 Å². The third-order valence-corrected chi connectivity index (χ3v) is 5.52. The van der Waals surface area contributed by atoms with Gasteiger partial charge in [0.1, 0.15) is 23.0 Å². The summed E-state index contributed by atoms with van der Waals surface area (Å²) in [5.74, 6) is 3.41. The second-order valence-corrected chi connectivity index (χ2v) is 8.29. The van der Waals surface area contributed by atoms with Crippen LogP contribution in [0.25, 0.3) is 0 Å². The Morgan fingerprint density at radius 3 is 2.14 bits per heavy atom. The molecule has 35 heavy (non-hydrogen) atoms. The molecule has 0 atom stereocenters. The average molecular weight is 489 g/mol. The number of para-hydroxylation sites is 1. The van der Waals surface area contributed by atoms with Crippen molar-refractivity contribution in [2.45, 2.75) is 19.8 Å². The van der Waals surface area contributed by atoms with Crippen molar-refractivity contribution >= 4 is 17.6 Å². The first-order chi connectivity index (χ1) is 17.0. The van der Waals surface area contributed by atoms with Gasteiger partial charge in [-0.1, -0.05) is 41.9 Å². The summed E-state index contributed by atoms with van der Waals surface area (Å²) in [5, 5.41) is 0.547. The standard InChI is InChI=1S/C29H25ClO5/c1-20-17-26(14-11-21(20)12-16-29(31)32-2)33-24-9-6-10-25(19-24)35-27-15-13-22(30)18-28(27)34-23-7-4-3-5-8-23/h3-11,13-15,17-19H,12,16H2,1-2H3. The normalized spacial score (nSPS) is 10.5. The Balaban J connectivity index is 1.47. The summed E-state index contributed by atoms with van der Waals surface area (Å²) in [6, 6.07) is 27.8. The Labute approximate surface area is 209 Å². The summed E-state index contributed by atoms with van der Waals surface area (Å²) in [6.45, 7) is 1.99. The van der Waals surface area contributed by atoms with Crippen molar-refractivity contribution in [3.63, 3.8) is 0 Å². The fourth-order valence-corrected chi connectivity index (χ4v) is 3.64. The molecule has 0 unspecified atom stereocenters. The van der Waals surface area contributed by atoms with Crippen molar-refractivity contribution in [3.8, 4) is 34.5 Å². The molecular formula is C29H25ClO5. The van der Waals surface area contributed by atoms with Gasteiger partial charge < -0.3 is 18.9 Å². The van der Waals surface area contributed by atoms with Gasteiger partial charge in [0.25, 0.3) is 0 Å². The second-order valence-electron chi connectivity index (χ2n) is 7.85. The van der Waals surface area contributed by atoms with Crippen LogP contribution in [0.3, 0.4) is 0 Å². The van der Waals surface area contributed by atoms with Crippen LogP contribution in [0.2, 0.25) is 5.02 Å². The number of carbonyl (C=O) groups is 1. The molecule has 4 aromatic rings. The maximum atomic E-state index is 11.4. The van der Waals surface area contributed by atoms with Gasteiger partial charge >= 0.3 is 5.97 Å². The third-order valence-electron chi connectivity index (χ3n) is 5.29. The predicted molar refractivity (Wildman–Crippen MR) is 136 cm³/mol. The Kier molecular flexibility index (Phi) is 7.91. The zero-order valence-electron chi connectivity index (χ0n) is 19.5. The van der Waals surface area contributed by atoms with Gasteiger partial charge in [0.05, 0.1) is 7.11 Å². The number of halogens is 1. The third kappa shape index (κ3) is 6.78. The van der Waals surface area contributed by atoms with Crippen LogP contribution in [0.5, 0.6) is 34.5 Å². The molecule has 178 valence electrons. The molecule has 0 saturated heterocycles. The topological polar surface area (TPSA) is 54.0 Å². The minimum atomic E-state index is -0.223. The zero-order chi connectivity index (χ0) is 24.6. The quantitative estimate of drug-likeness (QED) is 0.222. The number of hydrogen-bond acceptors (Lipinski definition) is 5. The molecule has 0 aromatic heterocycles. The molecule has 0 N–H and O–H groups in total. The minimum absolute atomic E-state index is 0.223. The maximum Gasteiger partial charge on any atom is 0.305 e. The maximum absolute atomic E-state index is 11.4. The molecule has 0 aliphatic heterocycles. The van der Waals surface area contributed by atoms with Crippen LogP contribution in [-0.2, 0) is 16.0 Å². The van der Waals surface area contributed by atoms with Crippen LogP contribution < -0.4 is 14.2 Å². The molecule has 0 aliphatic carbocycles. The predicted octanol–water partition coefficient (Wildman–Crippen LogP) is 8.13. The number of methoxy groups -OCH3 is 1. The van der Waals surface area contributed by atoms with Gasteiger partial charge in [0.15, 0.2) is 11.5 Å². The molecular weight excluding hydrogens is 464 g/mol. The van der Waals surface area contributed by atoms with Gasteiger partial charge in [-0.2, -0.15) is 0 Å². The van der Waals surface area contributed by atoms with Crippen LogP contribution in [-0.4, -0.2) is 13.1 Å². The zero-order valence-corrected chi connectivity index (χ0v) is 20.2. The summed E-state index contributed by atoms with van der Waals surface area (Å²) < 4.78 is 22.9. The Morgan fingerprint density at radius 1 is 0.714 bits per heavy atom. The molecule has 0 fully saturated rings. The van der Waals surface area contributed by atoms with E-state index >= 15 is 0 Å². The van der Waals surface area contributed by atoms with Crippen molar-refractivity contribution in [3.05, 3.63) is 107 Å². The largest absolute Gasteiger partial charge is 0.469 e. The van der Waals surface area contributed by atoms with E-state index in [1.807, 2.05) is 73.7 Å². The van der Waals surface area contributed by atoms with Gasteiger partial charge in [-0.3, -0.25) is 4.79 Å². The summed E-state index contributed by atoms with van der Waals surface area (Å²) in [5.41, 5.74) is 2.12. The fourth-order valence-electron chi connectivity index (χ4n) is 3.48. The van der Waals surface area contributed by atoms with E-state index in [9.17, 15) is 4.79 Å². The number of ether oxygens (including phenoxy) is 4. The van der Waals surface area contributed by atoms with Crippen molar-refractivity contribution in [1.82, 2.24) is 0 Å². The van der Waals surface area contributed by atoms with E-state index in [-0.39, 0.29) is 5.97 Å². The fraction of sp³-hybridized carbons (Fsp3) is 0.138. The molecule has 6 heteroatoms. The van der Waals surface area contributed by atoms with E-state index in [1.54, 1.807) is 24.3 Å². The number of hydrogen-bond donors (Lipinski definition) is 0. The molecule has 0 bridgehead atoms. The summed E-state index contributed by atoms with van der Waals surface area (Å²) in [7, 11) is 1.40. The molecule has 0 heterocycles. The van der Waals surface area contributed by atoms with E-state index in [0.717, 1.165) is 11.1 Å². The molecule has 4 rings (SSSR count). The first kappa shape index (κ1) is 24.2. The number of benzene rings is 4. The number of aryl methyl sites for hydroxylation is 2. The Morgan fingerprint density at radius 2 is 1.40 bits per heavy atom. The van der Waals surface area contributed by atoms with Crippen molar-refractivity contribution in [1.29, 1.82) is 0 Å². The van der Waals surface area contributed by atoms with Crippen LogP contribution >= 0.6 is 11.6 Å². The monoisotopic (exact) mass is 488 g/mol. The van der Waals surface area contributed by atoms with Crippen molar-refractivity contribution in [2.75, 3.05) is 7.11 Å². The minimum Gasteiger partial charge on any atom is -0.469 e. The average Bonchev–Trinajstić information content (AvgIpc) is 2.86. The molecule has 4 aromatic carbocycles. The highest BCUT2D eigenvalue weighted by Gasteiger charge is 2.11. The molecule has 0 spiro atoms. The van der Waals surface area contributed by atoms with Gasteiger partial charge in [-0.25, -0.2) is 0 Å². The van der Waals surface area contributed by atoms with Crippen LogP contribution in [0.15, 0.2) is 91.0 Å². The smallest absolute Gasteiger partial charge is 0.305 e. The summed E-state index contributed by atoms with van der Waals surface area (Å²) in [4.78, 5) is 11.4. The number of rotatable bonds is 9. The van der Waals surface area contributed by atoms with Crippen LogP contribution in [0.1, 0.15) is 17.5 Å². The van der Waals surface area contributed by atoms with Gasteiger partial charge in [0, 0.05) is 23.6 Å². The lowest BCUT2D eigenvalue weighted by molar-refractivity contribution is -0.140. The second kappa shape index (κ2) is 11.4. The number of carbonyl (C=O) groups excluding carboxylic acids is 1. The SMILES string of the molecule is COC(=O)CCc1ccc(Oc2cccc(Oc3ccc(Cl)cc3Oc3ccccc3)c2)cc1C. The Hall–Kier alpha value is -3.96. The molecule has 0 amide bonds. The van der Waals surface area contributed by atoms with E-state index in [0.29, 0.717) is 52.4 Å². The first-order valence-corrected chi connectivity index (χ1v) is 11.5.